The van der Waals surface area contributed by atoms with Crippen molar-refractivity contribution in [2.24, 2.45) is 5.92 Å². The fourth-order valence-corrected chi connectivity index (χ4v) is 7.28. The van der Waals surface area contributed by atoms with Crippen molar-refractivity contribution in [1.29, 1.82) is 0 Å². The normalized spacial score (nSPS) is 13.7. The zero-order valence-corrected chi connectivity index (χ0v) is 24.9. The number of nitrogens with zero attached hydrogens (tertiary/aromatic N) is 2. The fraction of sp³-hybridized carbons (Fsp3) is 0.235. The van der Waals surface area contributed by atoms with Crippen LogP contribution in [0, 0.1) is 12.8 Å². The molecule has 4 nitrogen and oxygen atoms in total. The lowest BCUT2D eigenvalue weighted by Crippen LogP contribution is -2.06. The Morgan fingerprint density at radius 2 is 1.88 bits per heavy atom. The molecule has 1 atom stereocenters. The number of aromatic nitrogens is 3. The van der Waals surface area contributed by atoms with Gasteiger partial charge in [0.2, 0.25) is 0 Å². The molecule has 6 aromatic rings. The first-order valence-electron chi connectivity index (χ1n) is 13.9. The van der Waals surface area contributed by atoms with E-state index in [9.17, 15) is 0 Å². The van der Waals surface area contributed by atoms with E-state index in [-0.39, 0.29) is 5.25 Å². The number of pyridine rings is 1. The van der Waals surface area contributed by atoms with Crippen molar-refractivity contribution in [1.82, 2.24) is 15.0 Å². The predicted molar refractivity (Wildman–Crippen MR) is 175 cm³/mol. The molecule has 0 amide bonds. The highest BCUT2D eigenvalue weighted by atomic mass is 32.1. The molecule has 3 aromatic heterocycles. The van der Waals surface area contributed by atoms with Crippen molar-refractivity contribution in [2.75, 3.05) is 5.32 Å². The number of fused-ring (bicyclic) bond motifs is 8. The Kier molecular flexibility index (Phi) is 6.02. The topological polar surface area (TPSA) is 53.6 Å². The first-order chi connectivity index (χ1) is 19.3. The monoisotopic (exact) mass is 560 g/mol. The van der Waals surface area contributed by atoms with Crippen LogP contribution in [-0.4, -0.2) is 15.0 Å². The molecule has 3 heterocycles. The highest BCUT2D eigenvalue weighted by molar-refractivity contribution is 7.80. The van der Waals surface area contributed by atoms with Crippen molar-refractivity contribution in [3.63, 3.8) is 0 Å². The van der Waals surface area contributed by atoms with Crippen molar-refractivity contribution in [2.45, 2.75) is 45.8 Å². The number of rotatable bonds is 5. The van der Waals surface area contributed by atoms with Crippen LogP contribution in [-0.2, 0) is 12.8 Å². The van der Waals surface area contributed by atoms with E-state index in [1.54, 1.807) is 0 Å². The Balaban J connectivity index is 1.38. The molecule has 0 fully saturated rings. The number of aromatic amines is 1. The van der Waals surface area contributed by atoms with Crippen LogP contribution in [0.3, 0.4) is 0 Å². The molecule has 0 spiro atoms. The summed E-state index contributed by atoms with van der Waals surface area (Å²) >= 11 is 6.49. The predicted octanol–water partition coefficient (Wildman–Crippen LogP) is 9.64. The van der Waals surface area contributed by atoms with Crippen molar-refractivity contribution in [3.8, 4) is 21.7 Å². The number of imidazole rings is 1. The van der Waals surface area contributed by atoms with E-state index in [0.29, 0.717) is 5.92 Å². The maximum absolute atomic E-state index is 4.93. The summed E-state index contributed by atoms with van der Waals surface area (Å²) in [5, 5.41) is 9.87. The molecule has 1 aliphatic carbocycles. The van der Waals surface area contributed by atoms with Crippen LogP contribution >= 0.6 is 24.0 Å². The molecule has 2 N–H and O–H groups in total. The van der Waals surface area contributed by atoms with Crippen molar-refractivity contribution >= 4 is 61.3 Å². The van der Waals surface area contributed by atoms with Gasteiger partial charge >= 0.3 is 0 Å². The van der Waals surface area contributed by atoms with E-state index in [4.69, 9.17) is 4.98 Å². The second-order valence-corrected chi connectivity index (χ2v) is 13.1. The van der Waals surface area contributed by atoms with E-state index in [1.165, 1.54) is 64.5 Å². The standard InChI is InChI=1S/C34H32N4S2/c1-17(2)19(4)36-31-18(3)28-16-35-13-12-23(28)27-14-21(6-8-25(27)31)30-15-22-7-9-24-26(33(22)40-30)10-11-29-32(24)38-34(37-29)20(5)39/h6-9,12-17,20,36,39H,4,10-11H2,1-3,5H3,(H,37,38). The zero-order valence-electron chi connectivity index (χ0n) is 23.2. The third-order valence-corrected chi connectivity index (χ3v) is 9.81. The minimum atomic E-state index is 0.0915. The number of hydrogen-bond acceptors (Lipinski definition) is 5. The number of thiophene rings is 1. The van der Waals surface area contributed by atoms with E-state index >= 15 is 0 Å². The summed E-state index contributed by atoms with van der Waals surface area (Å²) in [6.07, 6.45) is 5.87. The smallest absolute Gasteiger partial charge is 0.119 e. The quantitative estimate of drug-likeness (QED) is 0.145. The molecule has 0 saturated heterocycles. The lowest BCUT2D eigenvalue weighted by molar-refractivity contribution is 0.778. The summed E-state index contributed by atoms with van der Waals surface area (Å²) in [5.74, 6) is 1.29. The first kappa shape index (κ1) is 25.4. The Morgan fingerprint density at radius 1 is 1.02 bits per heavy atom. The summed E-state index contributed by atoms with van der Waals surface area (Å²) in [5.41, 5.74) is 9.57. The molecule has 7 rings (SSSR count). The van der Waals surface area contributed by atoms with Crippen molar-refractivity contribution in [3.05, 3.63) is 89.8 Å². The van der Waals surface area contributed by atoms with Gasteiger partial charge in [-0.1, -0.05) is 44.7 Å². The summed E-state index contributed by atoms with van der Waals surface area (Å²) in [6.45, 7) is 12.9. The average molecular weight is 561 g/mol. The maximum Gasteiger partial charge on any atom is 0.119 e. The fourth-order valence-electron chi connectivity index (χ4n) is 5.92. The number of aryl methyl sites for hydroxylation is 3. The van der Waals surface area contributed by atoms with E-state index in [0.717, 1.165) is 35.7 Å². The van der Waals surface area contributed by atoms with Gasteiger partial charge < -0.3 is 10.3 Å². The van der Waals surface area contributed by atoms with Gasteiger partial charge in [-0.25, -0.2) is 4.98 Å². The second kappa shape index (κ2) is 9.50. The second-order valence-electron chi connectivity index (χ2n) is 11.2. The number of H-pyrrole nitrogens is 1. The van der Waals surface area contributed by atoms with Gasteiger partial charge in [0.15, 0.2) is 0 Å². The first-order valence-corrected chi connectivity index (χ1v) is 15.2. The summed E-state index contributed by atoms with van der Waals surface area (Å²) in [7, 11) is 0. The zero-order chi connectivity index (χ0) is 27.7. The minimum absolute atomic E-state index is 0.0915. The van der Waals surface area contributed by atoms with Crippen LogP contribution in [0.15, 0.2) is 67.1 Å². The largest absolute Gasteiger partial charge is 0.358 e. The maximum atomic E-state index is 4.93. The van der Waals surface area contributed by atoms with Crippen LogP contribution < -0.4 is 5.32 Å². The summed E-state index contributed by atoms with van der Waals surface area (Å²) in [6, 6.07) is 15.9. The Morgan fingerprint density at radius 3 is 2.67 bits per heavy atom. The van der Waals surface area contributed by atoms with Gasteiger partial charge in [-0.2, -0.15) is 12.6 Å². The van der Waals surface area contributed by atoms with E-state index in [2.05, 4.69) is 105 Å². The third-order valence-electron chi connectivity index (χ3n) is 8.31. The van der Waals surface area contributed by atoms with Gasteiger partial charge in [-0.05, 0) is 83.7 Å². The number of allylic oxidation sites excluding steroid dienone is 1. The lowest BCUT2D eigenvalue weighted by Gasteiger charge is -2.19. The lowest BCUT2D eigenvalue weighted by atomic mass is 9.91. The molecule has 0 bridgehead atoms. The molecule has 0 saturated carbocycles. The van der Waals surface area contributed by atoms with Crippen LogP contribution in [0.5, 0.6) is 0 Å². The Bertz CT molecular complexity index is 1980. The Hall–Kier alpha value is -3.61. The van der Waals surface area contributed by atoms with Gasteiger partial charge in [0.1, 0.15) is 5.82 Å². The van der Waals surface area contributed by atoms with Gasteiger partial charge in [0.05, 0.1) is 10.9 Å². The van der Waals surface area contributed by atoms with Crippen molar-refractivity contribution < 1.29 is 0 Å². The van der Waals surface area contributed by atoms with Crippen LogP contribution in [0.25, 0.3) is 53.3 Å². The number of benzene rings is 3. The molecule has 6 heteroatoms. The molecule has 3 aromatic carbocycles. The molecule has 1 aliphatic rings. The number of thiol groups is 1. The molecule has 200 valence electrons. The molecule has 40 heavy (non-hydrogen) atoms. The number of anilines is 1. The highest BCUT2D eigenvalue weighted by Crippen LogP contribution is 2.44. The van der Waals surface area contributed by atoms with Gasteiger partial charge in [-0.3, -0.25) is 4.98 Å². The molecule has 0 radical (unpaired) electrons. The van der Waals surface area contributed by atoms with Crippen LogP contribution in [0.1, 0.15) is 48.7 Å². The SMILES string of the molecule is C=C(Nc1c(C)c2cnccc2c2cc(-c3cc4ccc5c(c4s3)CCc3[nH]c(C(C)S)nc3-5)ccc12)C(C)C. The number of nitrogens with one attached hydrogen (secondary N) is 2. The highest BCUT2D eigenvalue weighted by Gasteiger charge is 2.24. The van der Waals surface area contributed by atoms with Gasteiger partial charge in [0, 0.05) is 55.4 Å². The number of hydrogen-bond donors (Lipinski definition) is 3. The van der Waals surface area contributed by atoms with E-state index in [1.807, 2.05) is 23.7 Å². The van der Waals surface area contributed by atoms with Crippen LogP contribution in [0.4, 0.5) is 5.69 Å². The Labute approximate surface area is 244 Å². The average Bonchev–Trinajstić information content (AvgIpc) is 3.60. The molecule has 1 unspecified atom stereocenters. The summed E-state index contributed by atoms with van der Waals surface area (Å²) < 4.78 is 1.37. The molecular weight excluding hydrogens is 529 g/mol. The summed E-state index contributed by atoms with van der Waals surface area (Å²) in [4.78, 5) is 14.2. The molecule has 0 aliphatic heterocycles. The minimum Gasteiger partial charge on any atom is -0.358 e. The van der Waals surface area contributed by atoms with Gasteiger partial charge in [0.25, 0.3) is 0 Å². The molecular formula is C34H32N4S2. The van der Waals surface area contributed by atoms with Gasteiger partial charge in [-0.15, -0.1) is 11.3 Å². The van der Waals surface area contributed by atoms with E-state index < -0.39 is 0 Å². The van der Waals surface area contributed by atoms with Crippen LogP contribution in [0.2, 0.25) is 0 Å². The third kappa shape index (κ3) is 3.96.